The second kappa shape index (κ2) is 14.2. The lowest BCUT2D eigenvalue weighted by molar-refractivity contribution is -0.193. The summed E-state index contributed by atoms with van der Waals surface area (Å²) in [6, 6.07) is 16.4. The number of benzene rings is 3. The molecule has 0 unspecified atom stereocenters. The number of carboxylic acid groups (broad SMARTS) is 2. The monoisotopic (exact) mass is 665 g/mol. The van der Waals surface area contributed by atoms with Gasteiger partial charge in [0.2, 0.25) is 15.9 Å². The molecule has 1 amide bonds. The van der Waals surface area contributed by atoms with Crippen LogP contribution in [0.5, 0.6) is 0 Å². The first kappa shape index (κ1) is 36.3. The fourth-order valence-corrected chi connectivity index (χ4v) is 4.99. The Balaban J connectivity index is 0.000000421. The number of nitrogens with one attached hydrogen (secondary N) is 2. The number of aliphatic carboxylic acids is 2. The molecule has 0 spiro atoms. The lowest BCUT2D eigenvalue weighted by atomic mass is 10.1. The van der Waals surface area contributed by atoms with Gasteiger partial charge in [-0.25, -0.2) is 18.0 Å². The Morgan fingerprint density at radius 3 is 2.02 bits per heavy atom. The molecule has 1 fully saturated rings. The van der Waals surface area contributed by atoms with Gasteiger partial charge < -0.3 is 26.6 Å². The molecule has 1 aliphatic rings. The Morgan fingerprint density at radius 2 is 1.49 bits per heavy atom. The van der Waals surface area contributed by atoms with Crippen LogP contribution >= 0.6 is 0 Å². The van der Waals surface area contributed by atoms with Crippen molar-refractivity contribution < 1.29 is 59.4 Å². The third kappa shape index (κ3) is 10.6. The number of fused-ring (bicyclic) bond motifs is 1. The number of amides is 1. The molecule has 19 heteroatoms. The molecular formula is C26H25F6N5O7S. The summed E-state index contributed by atoms with van der Waals surface area (Å²) in [6.45, 7) is 0.762. The number of halogens is 6. The number of nitrogens with two attached hydrogens (primary N) is 2. The first-order valence-corrected chi connectivity index (χ1v) is 13.7. The first-order valence-electron chi connectivity index (χ1n) is 12.3. The van der Waals surface area contributed by atoms with E-state index in [9.17, 15) is 39.6 Å². The van der Waals surface area contributed by atoms with Crippen molar-refractivity contribution in [2.24, 2.45) is 5.73 Å². The molecule has 0 bridgehead atoms. The van der Waals surface area contributed by atoms with E-state index in [1.165, 1.54) is 6.07 Å². The summed E-state index contributed by atoms with van der Waals surface area (Å²) in [4.78, 5) is 32.3. The standard InChI is InChI=1S/C22H23N5O3S.2C2HF3O2/c23-18-6-4-15-5-7-19(12-17(15)11-18)31(29,30)26-20-8-9-27(22(20)28)13-14-2-1-3-16(10-14)21(24)25;2*3-2(4,5)1(6)7/h1-7,10-12,20,26H,8-9,13,23H2,(H3,24,25);2*(H,6,7)/t20-;;/m0../s1. The van der Waals surface area contributed by atoms with Crippen molar-refractivity contribution in [2.75, 3.05) is 12.3 Å². The molecule has 1 aliphatic heterocycles. The van der Waals surface area contributed by atoms with Crippen molar-refractivity contribution in [3.05, 3.63) is 71.8 Å². The zero-order valence-corrected chi connectivity index (χ0v) is 23.5. The predicted molar refractivity (Wildman–Crippen MR) is 147 cm³/mol. The predicted octanol–water partition coefficient (Wildman–Crippen LogP) is 3.05. The minimum atomic E-state index is -5.08. The molecule has 3 aromatic carbocycles. The summed E-state index contributed by atoms with van der Waals surface area (Å²) >= 11 is 0. The molecule has 3 aromatic rings. The van der Waals surface area contributed by atoms with E-state index in [2.05, 4.69) is 4.72 Å². The Hall–Kier alpha value is -4.91. The fourth-order valence-electron chi connectivity index (χ4n) is 3.73. The number of anilines is 1. The van der Waals surface area contributed by atoms with Crippen LogP contribution in [-0.2, 0) is 31.0 Å². The number of hydrogen-bond donors (Lipinski definition) is 6. The topological polar surface area (TPSA) is 217 Å². The second-order valence-corrected chi connectivity index (χ2v) is 10.9. The quantitative estimate of drug-likeness (QED) is 0.0986. The molecule has 45 heavy (non-hydrogen) atoms. The highest BCUT2D eigenvalue weighted by atomic mass is 32.2. The molecule has 4 rings (SSSR count). The van der Waals surface area contributed by atoms with E-state index in [1.807, 2.05) is 12.1 Å². The van der Waals surface area contributed by atoms with Crippen LogP contribution in [0.1, 0.15) is 17.5 Å². The van der Waals surface area contributed by atoms with Crippen molar-refractivity contribution in [2.45, 2.75) is 36.3 Å². The lowest BCUT2D eigenvalue weighted by Crippen LogP contribution is -2.41. The van der Waals surface area contributed by atoms with E-state index >= 15 is 0 Å². The number of alkyl halides is 6. The number of likely N-dealkylation sites (tertiary alicyclic amines) is 1. The van der Waals surface area contributed by atoms with Crippen LogP contribution in [0.4, 0.5) is 32.0 Å². The number of sulfonamides is 1. The minimum absolute atomic E-state index is 0.0441. The summed E-state index contributed by atoms with van der Waals surface area (Å²) in [5.41, 5.74) is 13.3. The summed E-state index contributed by atoms with van der Waals surface area (Å²) in [5.74, 6) is -5.83. The van der Waals surface area contributed by atoms with E-state index < -0.39 is 40.4 Å². The van der Waals surface area contributed by atoms with Gasteiger partial charge in [0.15, 0.2) is 0 Å². The molecule has 1 saturated heterocycles. The summed E-state index contributed by atoms with van der Waals surface area (Å²) in [7, 11) is -3.88. The normalized spacial score (nSPS) is 15.0. The van der Waals surface area contributed by atoms with Crippen LogP contribution in [0.2, 0.25) is 0 Å². The molecule has 8 N–H and O–H groups in total. The highest BCUT2D eigenvalue weighted by molar-refractivity contribution is 7.89. The third-order valence-corrected chi connectivity index (χ3v) is 7.31. The van der Waals surface area contributed by atoms with Crippen molar-refractivity contribution in [3.63, 3.8) is 0 Å². The maximum Gasteiger partial charge on any atom is 0.490 e. The van der Waals surface area contributed by atoms with Crippen LogP contribution in [0.3, 0.4) is 0 Å². The van der Waals surface area contributed by atoms with Gasteiger partial charge in [0, 0.05) is 24.3 Å². The Kier molecular flexibility index (Phi) is 11.5. The van der Waals surface area contributed by atoms with Crippen LogP contribution in [0.25, 0.3) is 10.8 Å². The molecule has 0 aromatic heterocycles. The number of rotatable bonds is 6. The average Bonchev–Trinajstić information content (AvgIpc) is 3.25. The van der Waals surface area contributed by atoms with Crippen molar-refractivity contribution >= 4 is 50.2 Å². The largest absolute Gasteiger partial charge is 0.490 e. The number of carbonyl (C=O) groups excluding carboxylic acids is 1. The van der Waals surface area contributed by atoms with E-state index in [0.717, 1.165) is 10.9 Å². The maximum absolute atomic E-state index is 12.9. The number of carboxylic acids is 2. The lowest BCUT2D eigenvalue weighted by Gasteiger charge is -2.18. The molecule has 1 atom stereocenters. The Bertz CT molecular complexity index is 1670. The third-order valence-electron chi connectivity index (χ3n) is 5.84. The van der Waals surface area contributed by atoms with E-state index in [4.69, 9.17) is 36.7 Å². The minimum Gasteiger partial charge on any atom is -0.475 e. The van der Waals surface area contributed by atoms with Crippen LogP contribution < -0.4 is 16.2 Å². The summed E-state index contributed by atoms with van der Waals surface area (Å²) < 4.78 is 91.8. The van der Waals surface area contributed by atoms with Gasteiger partial charge in [0.1, 0.15) is 11.9 Å². The number of amidine groups is 1. The zero-order chi connectivity index (χ0) is 34.3. The fraction of sp³-hybridized carbons (Fsp3) is 0.231. The molecule has 244 valence electrons. The van der Waals surface area contributed by atoms with Gasteiger partial charge in [0.05, 0.1) is 4.90 Å². The van der Waals surface area contributed by atoms with Crippen LogP contribution in [0.15, 0.2) is 65.6 Å². The van der Waals surface area contributed by atoms with Crippen LogP contribution in [-0.4, -0.2) is 72.2 Å². The summed E-state index contributed by atoms with van der Waals surface area (Å²) in [5, 5.41) is 23.4. The van der Waals surface area contributed by atoms with Gasteiger partial charge in [-0.1, -0.05) is 30.3 Å². The molecule has 0 saturated carbocycles. The molecule has 12 nitrogen and oxygen atoms in total. The summed E-state index contributed by atoms with van der Waals surface area (Å²) in [6.07, 6.45) is -9.79. The van der Waals surface area contributed by atoms with Crippen molar-refractivity contribution in [1.29, 1.82) is 5.41 Å². The van der Waals surface area contributed by atoms with Gasteiger partial charge in [-0.3, -0.25) is 10.2 Å². The van der Waals surface area contributed by atoms with Crippen LogP contribution in [0, 0.1) is 5.41 Å². The average molecular weight is 666 g/mol. The molecule has 0 aliphatic carbocycles. The number of nitrogen functional groups attached to an aromatic ring is 2. The molecular weight excluding hydrogens is 640 g/mol. The Labute approximate surface area is 250 Å². The smallest absolute Gasteiger partial charge is 0.475 e. The molecule has 1 heterocycles. The zero-order valence-electron chi connectivity index (χ0n) is 22.7. The highest BCUT2D eigenvalue weighted by Crippen LogP contribution is 2.23. The van der Waals surface area contributed by atoms with Crippen molar-refractivity contribution in [1.82, 2.24) is 9.62 Å². The second-order valence-electron chi connectivity index (χ2n) is 9.21. The van der Waals surface area contributed by atoms with Crippen molar-refractivity contribution in [3.8, 4) is 0 Å². The van der Waals surface area contributed by atoms with Gasteiger partial charge in [0.25, 0.3) is 0 Å². The van der Waals surface area contributed by atoms with E-state index in [0.29, 0.717) is 36.1 Å². The first-order chi connectivity index (χ1) is 20.6. The number of nitrogens with zero attached hydrogens (tertiary/aromatic N) is 1. The van der Waals surface area contributed by atoms with E-state index in [1.54, 1.807) is 47.4 Å². The van der Waals surface area contributed by atoms with E-state index in [-0.39, 0.29) is 16.6 Å². The SMILES string of the molecule is N=C(N)c1cccc(CN2CC[C@H](NS(=O)(=O)c3ccc4ccc(N)cc4c3)C2=O)c1.O=C(O)C(F)(F)F.O=C(O)C(F)(F)F. The van der Waals surface area contributed by atoms with Gasteiger partial charge in [-0.15, -0.1) is 0 Å². The number of carbonyl (C=O) groups is 3. The highest BCUT2D eigenvalue weighted by Gasteiger charge is 2.39. The van der Waals surface area contributed by atoms with Gasteiger partial charge in [-0.05, 0) is 53.1 Å². The van der Waals surface area contributed by atoms with Gasteiger partial charge in [-0.2, -0.15) is 31.1 Å². The maximum atomic E-state index is 12.9. The van der Waals surface area contributed by atoms with Gasteiger partial charge >= 0.3 is 24.3 Å². The Morgan fingerprint density at radius 1 is 0.933 bits per heavy atom. The molecule has 0 radical (unpaired) electrons. The number of hydrogen-bond acceptors (Lipinski definition) is 7.